The van der Waals surface area contributed by atoms with Gasteiger partial charge in [-0.15, -0.1) is 0 Å². The highest BCUT2D eigenvalue weighted by Gasteiger charge is 2.40. The molecular formula is C12H20F3N. The number of rotatable bonds is 7. The van der Waals surface area contributed by atoms with E-state index in [1.165, 1.54) is 25.7 Å². The van der Waals surface area contributed by atoms with E-state index in [1.807, 2.05) is 0 Å². The highest BCUT2D eigenvalue weighted by molar-refractivity contribution is 4.96. The van der Waals surface area contributed by atoms with E-state index in [1.54, 1.807) is 0 Å². The zero-order chi connectivity index (χ0) is 11.6. The Balaban J connectivity index is 1.53. The maximum atomic E-state index is 11.9. The molecule has 1 N–H and O–H groups in total. The molecule has 0 aromatic carbocycles. The summed E-state index contributed by atoms with van der Waals surface area (Å²) in [4.78, 5) is 0. The van der Waals surface area contributed by atoms with Crippen LogP contribution in [0.1, 0.15) is 44.9 Å². The molecule has 4 heteroatoms. The van der Waals surface area contributed by atoms with Crippen molar-refractivity contribution < 1.29 is 13.2 Å². The topological polar surface area (TPSA) is 12.0 Å². The van der Waals surface area contributed by atoms with Crippen molar-refractivity contribution in [3.63, 3.8) is 0 Å². The number of hydrogen-bond donors (Lipinski definition) is 1. The molecule has 16 heavy (non-hydrogen) atoms. The van der Waals surface area contributed by atoms with Crippen LogP contribution < -0.4 is 5.32 Å². The Morgan fingerprint density at radius 3 is 2.00 bits per heavy atom. The lowest BCUT2D eigenvalue weighted by molar-refractivity contribution is -0.135. The summed E-state index contributed by atoms with van der Waals surface area (Å²) in [7, 11) is 0. The van der Waals surface area contributed by atoms with E-state index in [9.17, 15) is 13.2 Å². The third-order valence-corrected chi connectivity index (χ3v) is 3.53. The van der Waals surface area contributed by atoms with Gasteiger partial charge in [-0.2, -0.15) is 13.2 Å². The summed E-state index contributed by atoms with van der Waals surface area (Å²) < 4.78 is 35.7. The molecule has 0 heterocycles. The summed E-state index contributed by atoms with van der Waals surface area (Å²) in [6.07, 6.45) is 1.56. The van der Waals surface area contributed by atoms with Crippen LogP contribution in [0.2, 0.25) is 0 Å². The fraction of sp³-hybridized carbons (Fsp3) is 1.00. The van der Waals surface area contributed by atoms with Gasteiger partial charge in [0.15, 0.2) is 0 Å². The summed E-state index contributed by atoms with van der Waals surface area (Å²) in [5.41, 5.74) is 0. The molecule has 0 aromatic heterocycles. The lowest BCUT2D eigenvalue weighted by atomic mass is 10.1. The van der Waals surface area contributed by atoms with Crippen LogP contribution >= 0.6 is 0 Å². The van der Waals surface area contributed by atoms with E-state index >= 15 is 0 Å². The Kier molecular flexibility index (Phi) is 3.77. The first-order valence-electron chi connectivity index (χ1n) is 6.36. The monoisotopic (exact) mass is 235 g/mol. The summed E-state index contributed by atoms with van der Waals surface area (Å²) in [6.45, 7) is 0.758. The second kappa shape index (κ2) is 4.94. The first kappa shape index (κ1) is 12.2. The van der Waals surface area contributed by atoms with E-state index in [0.717, 1.165) is 18.4 Å². The Morgan fingerprint density at radius 1 is 1.00 bits per heavy atom. The molecule has 2 rings (SSSR count). The third-order valence-electron chi connectivity index (χ3n) is 3.53. The Bertz CT molecular complexity index is 207. The molecule has 2 aliphatic rings. The molecule has 2 aliphatic carbocycles. The molecule has 94 valence electrons. The van der Waals surface area contributed by atoms with Gasteiger partial charge in [0.05, 0.1) is 0 Å². The number of hydrogen-bond acceptors (Lipinski definition) is 1. The van der Waals surface area contributed by atoms with Crippen molar-refractivity contribution in [1.29, 1.82) is 0 Å². The van der Waals surface area contributed by atoms with Crippen LogP contribution in [0.3, 0.4) is 0 Å². The molecule has 0 radical (unpaired) electrons. The van der Waals surface area contributed by atoms with Crippen molar-refractivity contribution in [2.24, 2.45) is 11.8 Å². The molecule has 2 fully saturated rings. The Labute approximate surface area is 94.8 Å². The van der Waals surface area contributed by atoms with Crippen LogP contribution in [-0.4, -0.2) is 18.8 Å². The first-order chi connectivity index (χ1) is 7.56. The van der Waals surface area contributed by atoms with Crippen molar-refractivity contribution in [2.45, 2.75) is 57.2 Å². The molecule has 0 unspecified atom stereocenters. The Morgan fingerprint density at radius 2 is 1.56 bits per heavy atom. The van der Waals surface area contributed by atoms with Crippen molar-refractivity contribution >= 4 is 0 Å². The average molecular weight is 235 g/mol. The largest absolute Gasteiger partial charge is 0.389 e. The van der Waals surface area contributed by atoms with E-state index < -0.39 is 12.6 Å². The molecule has 0 amide bonds. The van der Waals surface area contributed by atoms with Gasteiger partial charge in [0.2, 0.25) is 0 Å². The maximum absolute atomic E-state index is 11.9. The van der Waals surface area contributed by atoms with Gasteiger partial charge in [0.25, 0.3) is 0 Å². The average Bonchev–Trinajstić information content (AvgIpc) is 2.98. The standard InChI is InChI=1S/C12H20F3N/c13-12(14,15)7-1-2-8-16-11(9-3-4-9)10-5-6-10/h9-11,16H,1-8H2. The van der Waals surface area contributed by atoms with E-state index in [4.69, 9.17) is 0 Å². The van der Waals surface area contributed by atoms with Gasteiger partial charge in [-0.25, -0.2) is 0 Å². The molecular weight excluding hydrogens is 215 g/mol. The third kappa shape index (κ3) is 4.32. The van der Waals surface area contributed by atoms with Gasteiger partial charge in [-0.1, -0.05) is 0 Å². The van der Waals surface area contributed by atoms with Gasteiger partial charge in [-0.05, 0) is 56.9 Å². The van der Waals surface area contributed by atoms with Crippen LogP contribution in [-0.2, 0) is 0 Å². The Hall–Kier alpha value is -0.250. The second-order valence-corrected chi connectivity index (χ2v) is 5.23. The molecule has 0 saturated heterocycles. The molecule has 0 atom stereocenters. The number of alkyl halides is 3. The predicted molar refractivity (Wildman–Crippen MR) is 57.1 cm³/mol. The predicted octanol–water partition coefficient (Wildman–Crippen LogP) is 3.50. The minimum absolute atomic E-state index is 0.262. The fourth-order valence-corrected chi connectivity index (χ4v) is 2.35. The minimum atomic E-state index is -3.98. The molecule has 0 spiro atoms. The van der Waals surface area contributed by atoms with Crippen molar-refractivity contribution in [2.75, 3.05) is 6.54 Å². The quantitative estimate of drug-likeness (QED) is 0.666. The molecule has 0 aromatic rings. The summed E-state index contributed by atoms with van der Waals surface area (Å²) in [5.74, 6) is 1.66. The molecule has 0 bridgehead atoms. The van der Waals surface area contributed by atoms with Crippen LogP contribution in [0.4, 0.5) is 13.2 Å². The highest BCUT2D eigenvalue weighted by Crippen LogP contribution is 2.44. The lowest BCUT2D eigenvalue weighted by Gasteiger charge is -2.17. The van der Waals surface area contributed by atoms with Gasteiger partial charge in [0.1, 0.15) is 0 Å². The van der Waals surface area contributed by atoms with Crippen LogP contribution in [0.5, 0.6) is 0 Å². The molecule has 1 nitrogen and oxygen atoms in total. The zero-order valence-electron chi connectivity index (χ0n) is 9.52. The van der Waals surface area contributed by atoms with Crippen molar-refractivity contribution in [1.82, 2.24) is 5.32 Å². The second-order valence-electron chi connectivity index (χ2n) is 5.23. The summed E-state index contributed by atoms with van der Waals surface area (Å²) >= 11 is 0. The van der Waals surface area contributed by atoms with E-state index in [0.29, 0.717) is 12.5 Å². The smallest absolute Gasteiger partial charge is 0.313 e. The summed E-state index contributed by atoms with van der Waals surface area (Å²) in [6, 6.07) is 0.617. The van der Waals surface area contributed by atoms with Crippen molar-refractivity contribution in [3.05, 3.63) is 0 Å². The van der Waals surface area contributed by atoms with Gasteiger partial charge < -0.3 is 5.32 Å². The van der Waals surface area contributed by atoms with Crippen LogP contribution in [0, 0.1) is 11.8 Å². The van der Waals surface area contributed by atoms with Gasteiger partial charge >= 0.3 is 6.18 Å². The minimum Gasteiger partial charge on any atom is -0.313 e. The van der Waals surface area contributed by atoms with E-state index in [2.05, 4.69) is 5.32 Å². The SMILES string of the molecule is FC(F)(F)CCCCNC(C1CC1)C1CC1. The zero-order valence-corrected chi connectivity index (χ0v) is 9.52. The van der Waals surface area contributed by atoms with Crippen LogP contribution in [0.25, 0.3) is 0 Å². The molecule has 0 aliphatic heterocycles. The number of halogens is 3. The maximum Gasteiger partial charge on any atom is 0.389 e. The summed E-state index contributed by atoms with van der Waals surface area (Å²) in [5, 5.41) is 3.46. The fourth-order valence-electron chi connectivity index (χ4n) is 2.35. The first-order valence-corrected chi connectivity index (χ1v) is 6.36. The molecule has 2 saturated carbocycles. The van der Waals surface area contributed by atoms with Crippen LogP contribution in [0.15, 0.2) is 0 Å². The van der Waals surface area contributed by atoms with Crippen molar-refractivity contribution in [3.8, 4) is 0 Å². The number of unbranched alkanes of at least 4 members (excludes halogenated alkanes) is 1. The van der Waals surface area contributed by atoms with Gasteiger partial charge in [0, 0.05) is 12.5 Å². The van der Waals surface area contributed by atoms with Gasteiger partial charge in [-0.3, -0.25) is 0 Å². The number of nitrogens with one attached hydrogen (secondary N) is 1. The normalized spacial score (nSPS) is 21.8. The van der Waals surface area contributed by atoms with E-state index in [-0.39, 0.29) is 6.42 Å². The highest BCUT2D eigenvalue weighted by atomic mass is 19.4. The lowest BCUT2D eigenvalue weighted by Crippen LogP contribution is -2.33.